The highest BCUT2D eigenvalue weighted by Gasteiger charge is 2.13. The summed E-state index contributed by atoms with van der Waals surface area (Å²) in [6.07, 6.45) is 1.10. The van der Waals surface area contributed by atoms with Gasteiger partial charge in [0.05, 0.1) is 0 Å². The van der Waals surface area contributed by atoms with Crippen molar-refractivity contribution in [2.45, 2.75) is 32.2 Å². The maximum Gasteiger partial charge on any atom is 0.162 e. The summed E-state index contributed by atoms with van der Waals surface area (Å²) in [5.74, 6) is -1.55. The fourth-order valence-electron chi connectivity index (χ4n) is 1.20. The summed E-state index contributed by atoms with van der Waals surface area (Å²) < 4.78 is 26.0. The molecule has 14 heavy (non-hydrogen) atoms. The van der Waals surface area contributed by atoms with Crippen LogP contribution in [0.25, 0.3) is 0 Å². The minimum Gasteiger partial charge on any atom is -0.326 e. The molecule has 0 aliphatic rings. The summed E-state index contributed by atoms with van der Waals surface area (Å²) in [6, 6.07) is 4.22. The first-order chi connectivity index (χ1) is 6.40. The van der Waals surface area contributed by atoms with E-state index in [0.717, 1.165) is 6.07 Å². The molecule has 0 aromatic heterocycles. The van der Waals surface area contributed by atoms with E-state index in [1.54, 1.807) is 6.07 Å². The van der Waals surface area contributed by atoms with Gasteiger partial charge in [0.1, 0.15) is 0 Å². The predicted molar refractivity (Wildman–Crippen MR) is 52.9 cm³/mol. The lowest BCUT2D eigenvalue weighted by atomic mass is 9.96. The molecule has 0 spiro atoms. The predicted octanol–water partition coefficient (Wildman–Crippen LogP) is 2.63. The Morgan fingerprint density at radius 3 is 2.50 bits per heavy atom. The number of rotatable bonds is 3. The minimum absolute atomic E-state index is 0.348. The van der Waals surface area contributed by atoms with Gasteiger partial charge in [-0.05, 0) is 38.3 Å². The fraction of sp³-hybridized carbons (Fsp3) is 0.455. The van der Waals surface area contributed by atoms with E-state index in [1.807, 2.05) is 13.8 Å². The van der Waals surface area contributed by atoms with Crippen LogP contribution in [0, 0.1) is 11.6 Å². The molecule has 0 bridgehead atoms. The molecule has 0 radical (unpaired) electrons. The summed E-state index contributed by atoms with van der Waals surface area (Å²) >= 11 is 0. The monoisotopic (exact) mass is 199 g/mol. The molecule has 3 heteroatoms. The Bertz CT molecular complexity index is 316. The van der Waals surface area contributed by atoms with Crippen LogP contribution in [0.4, 0.5) is 8.78 Å². The van der Waals surface area contributed by atoms with E-state index >= 15 is 0 Å². The second-order valence-electron chi connectivity index (χ2n) is 4.20. The molecule has 0 amide bonds. The van der Waals surface area contributed by atoms with Gasteiger partial charge >= 0.3 is 0 Å². The Morgan fingerprint density at radius 1 is 1.29 bits per heavy atom. The highest BCUT2D eigenvalue weighted by atomic mass is 19.2. The maximum absolute atomic E-state index is 13.2. The summed E-state index contributed by atoms with van der Waals surface area (Å²) in [5.41, 5.74) is 5.80. The van der Waals surface area contributed by atoms with Crippen LogP contribution in [0.2, 0.25) is 0 Å². The maximum atomic E-state index is 13.2. The Balaban J connectivity index is 2.73. The van der Waals surface area contributed by atoms with E-state index in [0.29, 0.717) is 18.4 Å². The van der Waals surface area contributed by atoms with Crippen molar-refractivity contribution in [3.8, 4) is 0 Å². The summed E-state index contributed by atoms with van der Waals surface area (Å²) in [7, 11) is 0. The Morgan fingerprint density at radius 2 is 1.93 bits per heavy atom. The average Bonchev–Trinajstić information content (AvgIpc) is 2.06. The summed E-state index contributed by atoms with van der Waals surface area (Å²) in [6.45, 7) is 3.73. The molecular weight excluding hydrogens is 184 g/mol. The topological polar surface area (TPSA) is 26.0 Å². The number of hydrogen-bond acceptors (Lipinski definition) is 1. The lowest BCUT2D eigenvalue weighted by Gasteiger charge is -2.18. The molecule has 78 valence electrons. The second-order valence-corrected chi connectivity index (χ2v) is 4.20. The minimum atomic E-state index is -0.794. The average molecular weight is 199 g/mol. The van der Waals surface area contributed by atoms with Crippen LogP contribution in [0.1, 0.15) is 25.8 Å². The van der Waals surface area contributed by atoms with Crippen molar-refractivity contribution in [3.05, 3.63) is 35.4 Å². The SMILES string of the molecule is CC(C)(N)CCc1cccc(F)c1F. The van der Waals surface area contributed by atoms with Crippen molar-refractivity contribution in [2.75, 3.05) is 0 Å². The highest BCUT2D eigenvalue weighted by Crippen LogP contribution is 2.16. The van der Waals surface area contributed by atoms with E-state index in [4.69, 9.17) is 5.73 Å². The Hall–Kier alpha value is -0.960. The summed E-state index contributed by atoms with van der Waals surface area (Å²) in [5, 5.41) is 0. The smallest absolute Gasteiger partial charge is 0.162 e. The molecule has 1 rings (SSSR count). The highest BCUT2D eigenvalue weighted by molar-refractivity contribution is 5.19. The standard InChI is InChI=1S/C11H15F2N/c1-11(2,14)7-6-8-4-3-5-9(12)10(8)13/h3-5H,6-7,14H2,1-2H3. The van der Waals surface area contributed by atoms with Gasteiger partial charge in [-0.3, -0.25) is 0 Å². The first-order valence-corrected chi connectivity index (χ1v) is 4.62. The molecule has 1 aromatic carbocycles. The lowest BCUT2D eigenvalue weighted by molar-refractivity contribution is 0.458. The van der Waals surface area contributed by atoms with Crippen LogP contribution in [-0.2, 0) is 6.42 Å². The third kappa shape index (κ3) is 3.07. The fourth-order valence-corrected chi connectivity index (χ4v) is 1.20. The zero-order valence-corrected chi connectivity index (χ0v) is 8.48. The van der Waals surface area contributed by atoms with Crippen LogP contribution in [0.15, 0.2) is 18.2 Å². The van der Waals surface area contributed by atoms with Crippen molar-refractivity contribution in [1.82, 2.24) is 0 Å². The van der Waals surface area contributed by atoms with E-state index in [9.17, 15) is 8.78 Å². The van der Waals surface area contributed by atoms with Crippen molar-refractivity contribution in [3.63, 3.8) is 0 Å². The van der Waals surface area contributed by atoms with Gasteiger partial charge in [0.15, 0.2) is 11.6 Å². The van der Waals surface area contributed by atoms with Crippen molar-refractivity contribution in [2.24, 2.45) is 5.73 Å². The third-order valence-electron chi connectivity index (χ3n) is 2.07. The molecular formula is C11H15F2N. The van der Waals surface area contributed by atoms with E-state index < -0.39 is 11.6 Å². The van der Waals surface area contributed by atoms with Crippen molar-refractivity contribution in [1.29, 1.82) is 0 Å². The van der Waals surface area contributed by atoms with E-state index in [2.05, 4.69) is 0 Å². The van der Waals surface area contributed by atoms with Gasteiger partial charge in [0, 0.05) is 5.54 Å². The van der Waals surface area contributed by atoms with Gasteiger partial charge in [0.2, 0.25) is 0 Å². The lowest BCUT2D eigenvalue weighted by Crippen LogP contribution is -2.32. The van der Waals surface area contributed by atoms with Crippen LogP contribution in [0.5, 0.6) is 0 Å². The first kappa shape index (κ1) is 11.1. The Labute approximate surface area is 82.9 Å². The first-order valence-electron chi connectivity index (χ1n) is 4.62. The second kappa shape index (κ2) is 4.05. The molecule has 0 unspecified atom stereocenters. The van der Waals surface area contributed by atoms with Gasteiger partial charge in [0.25, 0.3) is 0 Å². The molecule has 2 N–H and O–H groups in total. The van der Waals surface area contributed by atoms with E-state index in [1.165, 1.54) is 6.07 Å². The van der Waals surface area contributed by atoms with Gasteiger partial charge in [-0.25, -0.2) is 8.78 Å². The number of halogens is 2. The molecule has 0 saturated heterocycles. The molecule has 1 aromatic rings. The molecule has 0 aliphatic carbocycles. The molecule has 0 heterocycles. The number of nitrogens with two attached hydrogens (primary N) is 1. The molecule has 0 atom stereocenters. The summed E-state index contributed by atoms with van der Waals surface area (Å²) in [4.78, 5) is 0. The largest absolute Gasteiger partial charge is 0.326 e. The number of hydrogen-bond donors (Lipinski definition) is 1. The molecule has 0 fully saturated rings. The Kier molecular flexibility index (Phi) is 3.21. The normalized spacial score (nSPS) is 11.8. The number of benzene rings is 1. The molecule has 0 saturated carbocycles. The van der Waals surface area contributed by atoms with Crippen molar-refractivity contribution >= 4 is 0 Å². The van der Waals surface area contributed by atoms with Gasteiger partial charge in [-0.2, -0.15) is 0 Å². The van der Waals surface area contributed by atoms with Gasteiger partial charge in [-0.1, -0.05) is 12.1 Å². The van der Waals surface area contributed by atoms with Crippen LogP contribution in [0.3, 0.4) is 0 Å². The third-order valence-corrected chi connectivity index (χ3v) is 2.07. The molecule has 0 aliphatic heterocycles. The van der Waals surface area contributed by atoms with Gasteiger partial charge in [-0.15, -0.1) is 0 Å². The molecule has 1 nitrogen and oxygen atoms in total. The zero-order chi connectivity index (χ0) is 10.8. The van der Waals surface area contributed by atoms with Crippen LogP contribution in [-0.4, -0.2) is 5.54 Å². The van der Waals surface area contributed by atoms with Crippen LogP contribution < -0.4 is 5.73 Å². The zero-order valence-electron chi connectivity index (χ0n) is 8.48. The number of aryl methyl sites for hydroxylation is 1. The quantitative estimate of drug-likeness (QED) is 0.795. The van der Waals surface area contributed by atoms with Gasteiger partial charge < -0.3 is 5.73 Å². The van der Waals surface area contributed by atoms with Crippen LogP contribution >= 0.6 is 0 Å². The van der Waals surface area contributed by atoms with Crippen molar-refractivity contribution < 1.29 is 8.78 Å². The van der Waals surface area contributed by atoms with E-state index in [-0.39, 0.29) is 5.54 Å².